The predicted octanol–water partition coefficient (Wildman–Crippen LogP) is 0.296. The van der Waals surface area contributed by atoms with Gasteiger partial charge in [0, 0.05) is 0 Å². The number of hydrogen-bond donors (Lipinski definition) is 1. The van der Waals surface area contributed by atoms with E-state index in [-0.39, 0.29) is 12.2 Å². The van der Waals surface area contributed by atoms with Crippen LogP contribution in [0.3, 0.4) is 0 Å². The summed E-state index contributed by atoms with van der Waals surface area (Å²) in [6, 6.07) is 0. The molecule has 12 heavy (non-hydrogen) atoms. The van der Waals surface area contributed by atoms with Gasteiger partial charge >= 0.3 is 0 Å². The zero-order valence-electron chi connectivity index (χ0n) is 6.77. The van der Waals surface area contributed by atoms with Crippen molar-refractivity contribution >= 4 is 0 Å². The van der Waals surface area contributed by atoms with Gasteiger partial charge in [-0.1, -0.05) is 12.2 Å². The Bertz CT molecular complexity index is 238. The molecule has 0 radical (unpaired) electrons. The number of ether oxygens (including phenoxy) is 2. The molecule has 0 amide bonds. The normalized spacial score (nSPS) is 55.9. The molecule has 0 aromatic carbocycles. The van der Waals surface area contributed by atoms with Crippen LogP contribution in [0.1, 0.15) is 6.42 Å². The van der Waals surface area contributed by atoms with Crippen LogP contribution >= 0.6 is 0 Å². The van der Waals surface area contributed by atoms with Crippen molar-refractivity contribution in [2.45, 2.75) is 18.3 Å². The standard InChI is InChI=1S/C9H12O3/c10-9-3-1-6-2-4-11-8(7(6)9)12-5-9/h1,3,6-8,10H,2,4-5H2/t6-,7-,8-,9-/m1/s1. The van der Waals surface area contributed by atoms with E-state index in [1.54, 1.807) is 0 Å². The van der Waals surface area contributed by atoms with Crippen LogP contribution in [0.15, 0.2) is 12.2 Å². The second-order valence-electron chi connectivity index (χ2n) is 3.88. The van der Waals surface area contributed by atoms with Crippen LogP contribution in [0.4, 0.5) is 0 Å². The summed E-state index contributed by atoms with van der Waals surface area (Å²) in [5, 5.41) is 10.0. The Morgan fingerprint density at radius 2 is 2.33 bits per heavy atom. The van der Waals surface area contributed by atoms with Gasteiger partial charge < -0.3 is 14.6 Å². The first-order valence-corrected chi connectivity index (χ1v) is 4.44. The molecule has 3 heteroatoms. The first kappa shape index (κ1) is 7.06. The van der Waals surface area contributed by atoms with Gasteiger partial charge in [0.2, 0.25) is 0 Å². The Morgan fingerprint density at radius 1 is 1.42 bits per heavy atom. The van der Waals surface area contributed by atoms with E-state index in [2.05, 4.69) is 6.08 Å². The highest BCUT2D eigenvalue weighted by Gasteiger charge is 2.55. The molecular weight excluding hydrogens is 156 g/mol. The lowest BCUT2D eigenvalue weighted by Gasteiger charge is -2.31. The minimum atomic E-state index is -0.726. The van der Waals surface area contributed by atoms with Crippen molar-refractivity contribution in [2.75, 3.05) is 13.2 Å². The zero-order valence-corrected chi connectivity index (χ0v) is 6.77. The van der Waals surface area contributed by atoms with Crippen LogP contribution in [-0.2, 0) is 9.47 Å². The van der Waals surface area contributed by atoms with Gasteiger partial charge in [0.15, 0.2) is 6.29 Å². The monoisotopic (exact) mass is 168 g/mol. The van der Waals surface area contributed by atoms with Gasteiger partial charge in [-0.15, -0.1) is 0 Å². The van der Waals surface area contributed by atoms with Gasteiger partial charge in [0.1, 0.15) is 5.60 Å². The van der Waals surface area contributed by atoms with E-state index in [4.69, 9.17) is 9.47 Å². The first-order valence-electron chi connectivity index (χ1n) is 4.44. The fraction of sp³-hybridized carbons (Fsp3) is 0.778. The van der Waals surface area contributed by atoms with E-state index in [1.807, 2.05) is 6.08 Å². The zero-order chi connectivity index (χ0) is 8.18. The van der Waals surface area contributed by atoms with Crippen molar-refractivity contribution in [1.82, 2.24) is 0 Å². The average Bonchev–Trinajstić information content (AvgIpc) is 2.58. The predicted molar refractivity (Wildman–Crippen MR) is 41.4 cm³/mol. The van der Waals surface area contributed by atoms with E-state index in [1.165, 1.54) is 0 Å². The first-order chi connectivity index (χ1) is 5.80. The average molecular weight is 168 g/mol. The molecule has 0 unspecified atom stereocenters. The Labute approximate surface area is 71.0 Å². The third kappa shape index (κ3) is 0.715. The van der Waals surface area contributed by atoms with Crippen molar-refractivity contribution in [1.29, 1.82) is 0 Å². The highest BCUT2D eigenvalue weighted by Crippen LogP contribution is 2.46. The van der Waals surface area contributed by atoms with E-state index < -0.39 is 5.60 Å². The molecule has 0 saturated carbocycles. The molecule has 2 fully saturated rings. The molecule has 3 aliphatic rings. The smallest absolute Gasteiger partial charge is 0.164 e. The summed E-state index contributed by atoms with van der Waals surface area (Å²) in [6.45, 7) is 1.15. The lowest BCUT2D eigenvalue weighted by atomic mass is 9.83. The third-order valence-electron chi connectivity index (χ3n) is 3.18. The summed E-state index contributed by atoms with van der Waals surface area (Å²) < 4.78 is 10.8. The van der Waals surface area contributed by atoms with Crippen LogP contribution in [0.25, 0.3) is 0 Å². The number of allylic oxidation sites excluding steroid dienone is 1. The molecule has 0 aromatic rings. The molecule has 4 atom stereocenters. The van der Waals surface area contributed by atoms with Crippen LogP contribution in [0.5, 0.6) is 0 Å². The van der Waals surface area contributed by atoms with Crippen molar-refractivity contribution in [2.24, 2.45) is 11.8 Å². The second-order valence-corrected chi connectivity index (χ2v) is 3.88. The maximum atomic E-state index is 10.0. The largest absolute Gasteiger partial charge is 0.383 e. The summed E-state index contributed by atoms with van der Waals surface area (Å²) in [5.41, 5.74) is -0.726. The van der Waals surface area contributed by atoms with E-state index in [9.17, 15) is 5.11 Å². The second kappa shape index (κ2) is 2.10. The lowest BCUT2D eigenvalue weighted by molar-refractivity contribution is -0.163. The van der Waals surface area contributed by atoms with E-state index in [0.29, 0.717) is 12.5 Å². The molecular formula is C9H12O3. The third-order valence-corrected chi connectivity index (χ3v) is 3.18. The van der Waals surface area contributed by atoms with Gasteiger partial charge in [-0.25, -0.2) is 0 Å². The summed E-state index contributed by atoms with van der Waals surface area (Å²) >= 11 is 0. The SMILES string of the molecule is O[C@]12C=C[C@@H]3CCO[C@H](OC1)[C@@H]32. The van der Waals surface area contributed by atoms with Crippen molar-refractivity contribution in [3.63, 3.8) is 0 Å². The molecule has 3 nitrogen and oxygen atoms in total. The van der Waals surface area contributed by atoms with Gasteiger partial charge in [-0.05, 0) is 12.3 Å². The lowest BCUT2D eigenvalue weighted by Crippen LogP contribution is -2.41. The molecule has 0 spiro atoms. The Balaban J connectivity index is 1.99. The molecule has 1 aliphatic carbocycles. The molecule has 0 bridgehead atoms. The van der Waals surface area contributed by atoms with Crippen LogP contribution < -0.4 is 0 Å². The molecule has 2 aliphatic heterocycles. The van der Waals surface area contributed by atoms with Gasteiger partial charge in [-0.2, -0.15) is 0 Å². The summed E-state index contributed by atoms with van der Waals surface area (Å²) in [4.78, 5) is 0. The summed E-state index contributed by atoms with van der Waals surface area (Å²) in [7, 11) is 0. The summed E-state index contributed by atoms with van der Waals surface area (Å²) in [5.74, 6) is 0.627. The number of aliphatic hydroxyl groups is 1. The fourth-order valence-corrected chi connectivity index (χ4v) is 2.54. The fourth-order valence-electron chi connectivity index (χ4n) is 2.54. The Kier molecular flexibility index (Phi) is 1.24. The van der Waals surface area contributed by atoms with Crippen LogP contribution in [0.2, 0.25) is 0 Å². The Morgan fingerprint density at radius 3 is 3.25 bits per heavy atom. The van der Waals surface area contributed by atoms with Crippen molar-refractivity contribution < 1.29 is 14.6 Å². The van der Waals surface area contributed by atoms with E-state index in [0.717, 1.165) is 13.0 Å². The van der Waals surface area contributed by atoms with Gasteiger partial charge in [-0.3, -0.25) is 0 Å². The highest BCUT2D eigenvalue weighted by molar-refractivity contribution is 5.20. The number of hydrogen-bond acceptors (Lipinski definition) is 3. The Hall–Kier alpha value is -0.380. The quantitative estimate of drug-likeness (QED) is 0.528. The molecule has 3 rings (SSSR count). The van der Waals surface area contributed by atoms with Crippen molar-refractivity contribution in [3.05, 3.63) is 12.2 Å². The maximum absolute atomic E-state index is 10.0. The minimum absolute atomic E-state index is 0.159. The molecule has 1 N–H and O–H groups in total. The molecule has 0 aromatic heterocycles. The van der Waals surface area contributed by atoms with Crippen LogP contribution in [0, 0.1) is 11.8 Å². The van der Waals surface area contributed by atoms with Crippen molar-refractivity contribution in [3.8, 4) is 0 Å². The van der Waals surface area contributed by atoms with E-state index >= 15 is 0 Å². The van der Waals surface area contributed by atoms with Gasteiger partial charge in [0.25, 0.3) is 0 Å². The maximum Gasteiger partial charge on any atom is 0.164 e. The highest BCUT2D eigenvalue weighted by atomic mass is 16.7. The number of rotatable bonds is 0. The topological polar surface area (TPSA) is 38.7 Å². The summed E-state index contributed by atoms with van der Waals surface area (Å²) in [6.07, 6.45) is 4.85. The van der Waals surface area contributed by atoms with Crippen LogP contribution in [-0.4, -0.2) is 30.2 Å². The molecule has 66 valence electrons. The molecule has 2 saturated heterocycles. The van der Waals surface area contributed by atoms with Gasteiger partial charge in [0.05, 0.1) is 19.1 Å². The minimum Gasteiger partial charge on any atom is -0.383 e. The molecule has 2 heterocycles.